The largest absolute Gasteiger partial charge is 0.369 e. The van der Waals surface area contributed by atoms with Crippen molar-refractivity contribution in [3.63, 3.8) is 0 Å². The van der Waals surface area contributed by atoms with Crippen LogP contribution in [0.15, 0.2) is 24.3 Å². The SMILES string of the molecule is NC(=O)[C@@H]1CCCC[C@@H]1NCc1nc2ccccc2n1C(F)F. The maximum atomic E-state index is 13.4. The number of fused-ring (bicyclic) bond motifs is 1. The average Bonchev–Trinajstić information content (AvgIpc) is 2.91. The summed E-state index contributed by atoms with van der Waals surface area (Å²) in [6, 6.07) is 6.75. The van der Waals surface area contributed by atoms with Gasteiger partial charge in [0.05, 0.1) is 23.5 Å². The molecule has 1 heterocycles. The average molecular weight is 322 g/mol. The van der Waals surface area contributed by atoms with Crippen molar-refractivity contribution in [1.29, 1.82) is 0 Å². The number of halogens is 2. The molecule has 1 aromatic heterocycles. The van der Waals surface area contributed by atoms with Gasteiger partial charge in [-0.15, -0.1) is 0 Å². The van der Waals surface area contributed by atoms with Gasteiger partial charge in [0.2, 0.25) is 5.91 Å². The van der Waals surface area contributed by atoms with Gasteiger partial charge in [0.1, 0.15) is 5.82 Å². The highest BCUT2D eigenvalue weighted by Gasteiger charge is 2.29. The van der Waals surface area contributed by atoms with Gasteiger partial charge in [0.15, 0.2) is 0 Å². The number of primary amides is 1. The molecule has 0 saturated heterocycles. The smallest absolute Gasteiger partial charge is 0.320 e. The van der Waals surface area contributed by atoms with E-state index in [-0.39, 0.29) is 30.2 Å². The summed E-state index contributed by atoms with van der Waals surface area (Å²) in [6.07, 6.45) is 3.55. The lowest BCUT2D eigenvalue weighted by Crippen LogP contribution is -2.44. The third-order valence-electron chi connectivity index (χ3n) is 4.52. The zero-order chi connectivity index (χ0) is 16.4. The van der Waals surface area contributed by atoms with E-state index in [1.165, 1.54) is 0 Å². The van der Waals surface area contributed by atoms with Crippen LogP contribution < -0.4 is 11.1 Å². The minimum atomic E-state index is -2.66. The molecule has 1 aliphatic rings. The van der Waals surface area contributed by atoms with Crippen LogP contribution in [0.3, 0.4) is 0 Å². The topological polar surface area (TPSA) is 72.9 Å². The number of nitrogens with zero attached hydrogens (tertiary/aromatic N) is 2. The zero-order valence-electron chi connectivity index (χ0n) is 12.7. The van der Waals surface area contributed by atoms with Crippen LogP contribution in [0.4, 0.5) is 8.78 Å². The number of rotatable bonds is 5. The van der Waals surface area contributed by atoms with Crippen LogP contribution in [0.1, 0.15) is 38.1 Å². The molecule has 1 aromatic carbocycles. The molecule has 0 radical (unpaired) electrons. The maximum Gasteiger partial charge on any atom is 0.320 e. The zero-order valence-corrected chi connectivity index (χ0v) is 12.7. The monoisotopic (exact) mass is 322 g/mol. The molecule has 23 heavy (non-hydrogen) atoms. The fourth-order valence-corrected chi connectivity index (χ4v) is 3.37. The lowest BCUT2D eigenvalue weighted by Gasteiger charge is -2.30. The fraction of sp³-hybridized carbons (Fsp3) is 0.500. The molecule has 1 aliphatic carbocycles. The number of benzene rings is 1. The Hall–Kier alpha value is -2.02. The Labute approximate surface area is 132 Å². The lowest BCUT2D eigenvalue weighted by molar-refractivity contribution is -0.123. The first-order chi connectivity index (χ1) is 11.1. The van der Waals surface area contributed by atoms with E-state index in [1.54, 1.807) is 24.3 Å². The molecule has 3 rings (SSSR count). The standard InChI is InChI=1S/C16H20F2N4O/c17-16(18)22-13-8-4-3-7-12(13)21-14(22)9-20-11-6-2-1-5-10(11)15(19)23/h3-4,7-8,10-11,16,20H,1-2,5-6,9H2,(H2,19,23)/t10-,11+/m1/s1. The minimum Gasteiger partial charge on any atom is -0.369 e. The number of aromatic nitrogens is 2. The number of carbonyl (C=O) groups excluding carboxylic acids is 1. The third-order valence-corrected chi connectivity index (χ3v) is 4.52. The molecule has 0 bridgehead atoms. The van der Waals surface area contributed by atoms with Gasteiger partial charge in [0, 0.05) is 6.04 Å². The summed E-state index contributed by atoms with van der Waals surface area (Å²) in [4.78, 5) is 15.8. The molecule has 124 valence electrons. The van der Waals surface area contributed by atoms with E-state index in [1.807, 2.05) is 0 Å². The molecule has 5 nitrogen and oxygen atoms in total. The van der Waals surface area contributed by atoms with E-state index in [0.29, 0.717) is 11.0 Å². The van der Waals surface area contributed by atoms with Crippen molar-refractivity contribution in [2.75, 3.05) is 0 Å². The van der Waals surface area contributed by atoms with Gasteiger partial charge < -0.3 is 11.1 Å². The molecule has 2 atom stereocenters. The summed E-state index contributed by atoms with van der Waals surface area (Å²) < 4.78 is 27.7. The summed E-state index contributed by atoms with van der Waals surface area (Å²) >= 11 is 0. The predicted octanol–water partition coefficient (Wildman–Crippen LogP) is 2.57. The second kappa shape index (κ2) is 6.62. The van der Waals surface area contributed by atoms with E-state index < -0.39 is 6.55 Å². The number of nitrogens with one attached hydrogen (secondary N) is 1. The Balaban J connectivity index is 1.81. The van der Waals surface area contributed by atoms with Crippen molar-refractivity contribution in [2.24, 2.45) is 11.7 Å². The van der Waals surface area contributed by atoms with Gasteiger partial charge in [-0.3, -0.25) is 9.36 Å². The van der Waals surface area contributed by atoms with E-state index >= 15 is 0 Å². The van der Waals surface area contributed by atoms with Gasteiger partial charge in [-0.05, 0) is 25.0 Å². The quantitative estimate of drug-likeness (QED) is 0.888. The Morgan fingerprint density at radius 1 is 1.35 bits per heavy atom. The van der Waals surface area contributed by atoms with Gasteiger partial charge >= 0.3 is 6.55 Å². The van der Waals surface area contributed by atoms with Gasteiger partial charge in [-0.2, -0.15) is 8.78 Å². The summed E-state index contributed by atoms with van der Waals surface area (Å²) in [7, 11) is 0. The Bertz CT molecular complexity index is 700. The highest BCUT2D eigenvalue weighted by molar-refractivity contribution is 5.77. The third kappa shape index (κ3) is 3.19. The second-order valence-electron chi connectivity index (χ2n) is 5.95. The van der Waals surface area contributed by atoms with Crippen LogP contribution >= 0.6 is 0 Å². The molecular weight excluding hydrogens is 302 g/mol. The van der Waals surface area contributed by atoms with E-state index in [9.17, 15) is 13.6 Å². The van der Waals surface area contributed by atoms with E-state index in [0.717, 1.165) is 30.3 Å². The minimum absolute atomic E-state index is 0.0767. The Morgan fingerprint density at radius 3 is 2.83 bits per heavy atom. The predicted molar refractivity (Wildman–Crippen MR) is 82.8 cm³/mol. The molecule has 3 N–H and O–H groups in total. The first kappa shape index (κ1) is 15.9. The molecule has 2 aromatic rings. The lowest BCUT2D eigenvalue weighted by atomic mass is 9.84. The van der Waals surface area contributed by atoms with Crippen molar-refractivity contribution < 1.29 is 13.6 Å². The van der Waals surface area contributed by atoms with Gasteiger partial charge in [0.25, 0.3) is 0 Å². The molecule has 0 unspecified atom stereocenters. The summed E-state index contributed by atoms with van der Waals surface area (Å²) in [6.45, 7) is -2.47. The van der Waals surface area contributed by atoms with Crippen LogP contribution in [0, 0.1) is 5.92 Å². The molecule has 1 amide bonds. The molecule has 0 spiro atoms. The second-order valence-corrected chi connectivity index (χ2v) is 5.95. The van der Waals surface area contributed by atoms with E-state index in [4.69, 9.17) is 5.73 Å². The number of nitrogens with two attached hydrogens (primary N) is 1. The number of imidazole rings is 1. The highest BCUT2D eigenvalue weighted by Crippen LogP contribution is 2.26. The maximum absolute atomic E-state index is 13.4. The normalized spacial score (nSPS) is 21.9. The van der Waals surface area contributed by atoms with Crippen LogP contribution in [0.5, 0.6) is 0 Å². The number of hydrogen-bond donors (Lipinski definition) is 2. The Kier molecular flexibility index (Phi) is 4.56. The number of carbonyl (C=O) groups is 1. The molecule has 1 fully saturated rings. The molecular formula is C16H20F2N4O. The number of amides is 1. The molecule has 1 saturated carbocycles. The summed E-state index contributed by atoms with van der Waals surface area (Å²) in [5.74, 6) is -0.298. The first-order valence-electron chi connectivity index (χ1n) is 7.84. The van der Waals surface area contributed by atoms with Crippen LogP contribution in [0.25, 0.3) is 11.0 Å². The first-order valence-corrected chi connectivity index (χ1v) is 7.84. The highest BCUT2D eigenvalue weighted by atomic mass is 19.3. The fourth-order valence-electron chi connectivity index (χ4n) is 3.37. The summed E-state index contributed by atoms with van der Waals surface area (Å²) in [5, 5.41) is 3.21. The van der Waals surface area contributed by atoms with E-state index in [2.05, 4.69) is 10.3 Å². The van der Waals surface area contributed by atoms with Crippen molar-refractivity contribution >= 4 is 16.9 Å². The molecule has 0 aliphatic heterocycles. The van der Waals surface area contributed by atoms with Crippen LogP contribution in [-0.2, 0) is 11.3 Å². The van der Waals surface area contributed by atoms with Gasteiger partial charge in [-0.1, -0.05) is 25.0 Å². The molecule has 7 heteroatoms. The Morgan fingerprint density at radius 2 is 2.09 bits per heavy atom. The number of alkyl halides is 2. The summed E-state index contributed by atoms with van der Waals surface area (Å²) in [5.41, 5.74) is 6.40. The van der Waals surface area contributed by atoms with Crippen molar-refractivity contribution in [3.05, 3.63) is 30.1 Å². The number of para-hydroxylation sites is 2. The van der Waals surface area contributed by atoms with Crippen molar-refractivity contribution in [1.82, 2.24) is 14.9 Å². The van der Waals surface area contributed by atoms with Gasteiger partial charge in [-0.25, -0.2) is 4.98 Å². The van der Waals surface area contributed by atoms with Crippen LogP contribution in [-0.4, -0.2) is 21.5 Å². The van der Waals surface area contributed by atoms with Crippen LogP contribution in [0.2, 0.25) is 0 Å². The number of hydrogen-bond acceptors (Lipinski definition) is 3. The van der Waals surface area contributed by atoms with Crippen molar-refractivity contribution in [3.8, 4) is 0 Å². The van der Waals surface area contributed by atoms with Crippen molar-refractivity contribution in [2.45, 2.75) is 44.8 Å².